The van der Waals surface area contributed by atoms with Gasteiger partial charge in [0.2, 0.25) is 5.91 Å². The number of nitrogens with one attached hydrogen (secondary N) is 1. The van der Waals surface area contributed by atoms with Crippen LogP contribution in [-0.2, 0) is 4.79 Å². The van der Waals surface area contributed by atoms with Crippen molar-refractivity contribution in [3.05, 3.63) is 30.2 Å². The minimum Gasteiger partial charge on any atom is -0.465 e. The molecule has 1 aliphatic heterocycles. The van der Waals surface area contributed by atoms with Crippen molar-refractivity contribution in [3.63, 3.8) is 0 Å². The lowest BCUT2D eigenvalue weighted by Crippen LogP contribution is -2.44. The molecule has 4 nitrogen and oxygen atoms in total. The van der Waals surface area contributed by atoms with Gasteiger partial charge in [-0.1, -0.05) is 0 Å². The Kier molecular flexibility index (Phi) is 4.21. The summed E-state index contributed by atoms with van der Waals surface area (Å²) in [6.45, 7) is 2.87. The summed E-state index contributed by atoms with van der Waals surface area (Å²) >= 11 is 0. The number of rotatable bonds is 5. The van der Waals surface area contributed by atoms with Crippen LogP contribution in [0.15, 0.2) is 28.9 Å². The predicted octanol–water partition coefficient (Wildman–Crippen LogP) is 2.28. The summed E-state index contributed by atoms with van der Waals surface area (Å²) < 4.78 is 5.18. The monoisotopic (exact) mass is 274 g/mol. The Labute approximate surface area is 119 Å². The second-order valence-electron chi connectivity index (χ2n) is 5.80. The average molecular weight is 274 g/mol. The zero-order valence-corrected chi connectivity index (χ0v) is 11.8. The van der Waals surface area contributed by atoms with E-state index in [2.05, 4.69) is 5.32 Å². The van der Waals surface area contributed by atoms with Crippen molar-refractivity contribution in [2.24, 2.45) is 5.92 Å². The molecule has 0 atom stereocenters. The van der Waals surface area contributed by atoms with E-state index < -0.39 is 0 Å². The van der Waals surface area contributed by atoms with E-state index in [1.165, 1.54) is 12.8 Å². The molecule has 1 amide bonds. The minimum atomic E-state index is 0.0852. The Morgan fingerprint density at radius 3 is 2.80 bits per heavy atom. The second-order valence-corrected chi connectivity index (χ2v) is 5.80. The molecule has 0 radical (unpaired) electrons. The topological polar surface area (TPSA) is 45.5 Å². The van der Waals surface area contributed by atoms with Gasteiger partial charge in [-0.15, -0.1) is 0 Å². The van der Waals surface area contributed by atoms with Crippen molar-refractivity contribution in [1.29, 1.82) is 0 Å². The highest BCUT2D eigenvalue weighted by Gasteiger charge is 2.25. The highest BCUT2D eigenvalue weighted by Crippen LogP contribution is 2.28. The summed E-state index contributed by atoms with van der Waals surface area (Å²) in [6, 6.07) is 4.26. The highest BCUT2D eigenvalue weighted by molar-refractivity contribution is 5.91. The normalized spacial score (nSPS) is 20.7. The summed E-state index contributed by atoms with van der Waals surface area (Å²) in [4.78, 5) is 14.0. The molecule has 4 heteroatoms. The number of piperidine rings is 1. The number of furan rings is 1. The van der Waals surface area contributed by atoms with Gasteiger partial charge in [0.15, 0.2) is 0 Å². The Morgan fingerprint density at radius 1 is 1.35 bits per heavy atom. The number of amides is 1. The molecule has 0 bridgehead atoms. The van der Waals surface area contributed by atoms with Crippen molar-refractivity contribution in [1.82, 2.24) is 10.2 Å². The van der Waals surface area contributed by atoms with Gasteiger partial charge in [0.05, 0.1) is 6.26 Å². The van der Waals surface area contributed by atoms with Gasteiger partial charge in [0, 0.05) is 25.2 Å². The smallest absolute Gasteiger partial charge is 0.246 e. The molecule has 0 aromatic carbocycles. The zero-order valence-electron chi connectivity index (χ0n) is 11.8. The lowest BCUT2D eigenvalue weighted by molar-refractivity contribution is -0.127. The van der Waals surface area contributed by atoms with Crippen LogP contribution in [0, 0.1) is 5.92 Å². The van der Waals surface area contributed by atoms with E-state index >= 15 is 0 Å². The molecular weight excluding hydrogens is 252 g/mol. The van der Waals surface area contributed by atoms with Gasteiger partial charge < -0.3 is 14.6 Å². The van der Waals surface area contributed by atoms with Gasteiger partial charge in [-0.2, -0.15) is 0 Å². The van der Waals surface area contributed by atoms with E-state index in [9.17, 15) is 4.79 Å². The fraction of sp³-hybridized carbons (Fsp3) is 0.562. The number of carbonyl (C=O) groups excluding carboxylic acids is 1. The van der Waals surface area contributed by atoms with E-state index in [0.29, 0.717) is 6.04 Å². The Bertz CT molecular complexity index is 455. The van der Waals surface area contributed by atoms with E-state index in [4.69, 9.17) is 4.42 Å². The fourth-order valence-corrected chi connectivity index (χ4v) is 2.60. The minimum absolute atomic E-state index is 0.0852. The first-order valence-electron chi connectivity index (χ1n) is 7.55. The summed E-state index contributed by atoms with van der Waals surface area (Å²) in [6.07, 6.45) is 9.86. The molecule has 1 aromatic heterocycles. The van der Waals surface area contributed by atoms with Crippen molar-refractivity contribution >= 4 is 12.0 Å². The fourth-order valence-electron chi connectivity index (χ4n) is 2.60. The van der Waals surface area contributed by atoms with Crippen LogP contribution in [0.4, 0.5) is 0 Å². The summed E-state index contributed by atoms with van der Waals surface area (Å²) in [7, 11) is 0. The molecule has 3 rings (SSSR count). The first kappa shape index (κ1) is 13.4. The van der Waals surface area contributed by atoms with Crippen LogP contribution in [0.2, 0.25) is 0 Å². The van der Waals surface area contributed by atoms with Crippen molar-refractivity contribution < 1.29 is 9.21 Å². The number of nitrogens with zero attached hydrogens (tertiary/aromatic N) is 1. The number of hydrogen-bond acceptors (Lipinski definition) is 3. The molecule has 1 N–H and O–H groups in total. The molecule has 1 saturated heterocycles. The number of likely N-dealkylation sites (tertiary alicyclic amines) is 1. The first-order chi connectivity index (χ1) is 9.81. The number of hydrogen-bond donors (Lipinski definition) is 1. The number of carbonyl (C=O) groups is 1. The van der Waals surface area contributed by atoms with Gasteiger partial charge >= 0.3 is 0 Å². The van der Waals surface area contributed by atoms with Crippen LogP contribution < -0.4 is 5.32 Å². The summed E-state index contributed by atoms with van der Waals surface area (Å²) in [5.74, 6) is 1.73. The molecule has 2 heterocycles. The summed E-state index contributed by atoms with van der Waals surface area (Å²) in [5.41, 5.74) is 0. The molecule has 1 aliphatic carbocycles. The molecule has 0 unspecified atom stereocenters. The third-order valence-electron chi connectivity index (χ3n) is 4.13. The standard InChI is InChI=1S/C16H22N2O2/c19-16(6-5-15-2-1-11-20-15)18-9-7-14(8-10-18)17-12-13-3-4-13/h1-2,5-6,11,13-14,17H,3-4,7-10,12H2/b6-5+. The molecule has 108 valence electrons. The highest BCUT2D eigenvalue weighted by atomic mass is 16.3. The van der Waals surface area contributed by atoms with Gasteiger partial charge in [0.1, 0.15) is 5.76 Å². The zero-order chi connectivity index (χ0) is 13.8. The summed E-state index contributed by atoms with van der Waals surface area (Å²) in [5, 5.41) is 3.63. The maximum atomic E-state index is 12.1. The maximum Gasteiger partial charge on any atom is 0.246 e. The molecule has 2 aliphatic rings. The maximum absolute atomic E-state index is 12.1. The van der Waals surface area contributed by atoms with Crippen LogP contribution >= 0.6 is 0 Å². The average Bonchev–Trinajstić information content (AvgIpc) is 3.17. The molecule has 20 heavy (non-hydrogen) atoms. The van der Waals surface area contributed by atoms with Crippen LogP contribution in [0.5, 0.6) is 0 Å². The molecule has 1 saturated carbocycles. The van der Waals surface area contributed by atoms with Crippen molar-refractivity contribution in [3.8, 4) is 0 Å². The van der Waals surface area contributed by atoms with Gasteiger partial charge in [0.25, 0.3) is 0 Å². The van der Waals surface area contributed by atoms with E-state index in [1.807, 2.05) is 17.0 Å². The Hall–Kier alpha value is -1.55. The van der Waals surface area contributed by atoms with E-state index in [-0.39, 0.29) is 5.91 Å². The first-order valence-corrected chi connectivity index (χ1v) is 7.55. The van der Waals surface area contributed by atoms with Crippen LogP contribution in [0.1, 0.15) is 31.4 Å². The van der Waals surface area contributed by atoms with Crippen LogP contribution in [0.25, 0.3) is 6.08 Å². The van der Waals surface area contributed by atoms with E-state index in [1.54, 1.807) is 18.4 Å². The Balaban J connectivity index is 1.41. The predicted molar refractivity (Wildman–Crippen MR) is 78.1 cm³/mol. The van der Waals surface area contributed by atoms with Crippen LogP contribution in [0.3, 0.4) is 0 Å². The van der Waals surface area contributed by atoms with Crippen molar-refractivity contribution in [2.45, 2.75) is 31.7 Å². The Morgan fingerprint density at radius 2 is 2.15 bits per heavy atom. The molecule has 1 aromatic rings. The molecular formula is C16H22N2O2. The quantitative estimate of drug-likeness (QED) is 0.838. The van der Waals surface area contributed by atoms with Gasteiger partial charge in [-0.05, 0) is 56.4 Å². The largest absolute Gasteiger partial charge is 0.465 e. The van der Waals surface area contributed by atoms with Crippen LogP contribution in [-0.4, -0.2) is 36.5 Å². The van der Waals surface area contributed by atoms with Gasteiger partial charge in [-0.3, -0.25) is 4.79 Å². The molecule has 2 fully saturated rings. The SMILES string of the molecule is O=C(/C=C/c1ccco1)N1CCC(NCC2CC2)CC1. The lowest BCUT2D eigenvalue weighted by atomic mass is 10.0. The lowest BCUT2D eigenvalue weighted by Gasteiger charge is -2.32. The second kappa shape index (κ2) is 6.27. The third kappa shape index (κ3) is 3.73. The van der Waals surface area contributed by atoms with E-state index in [0.717, 1.165) is 44.2 Å². The van der Waals surface area contributed by atoms with Gasteiger partial charge in [-0.25, -0.2) is 0 Å². The van der Waals surface area contributed by atoms with Crippen molar-refractivity contribution in [2.75, 3.05) is 19.6 Å². The third-order valence-corrected chi connectivity index (χ3v) is 4.13. The molecule has 0 spiro atoms.